The Hall–Kier alpha value is -2.67. The lowest BCUT2D eigenvalue weighted by Crippen LogP contribution is -2.24. The molecule has 7 heteroatoms. The minimum Gasteiger partial charge on any atom is -0.361 e. The SMILES string of the molecule is O=C(NCCc1c[nH]c2ccccc12)c1ccc([N+](=O)[O-])s1. The summed E-state index contributed by atoms with van der Waals surface area (Å²) in [6.45, 7) is 0.479. The number of hydrogen-bond donors (Lipinski definition) is 2. The maximum Gasteiger partial charge on any atom is 0.324 e. The van der Waals surface area contributed by atoms with Crippen LogP contribution in [0.25, 0.3) is 10.9 Å². The molecule has 2 heterocycles. The van der Waals surface area contributed by atoms with E-state index >= 15 is 0 Å². The van der Waals surface area contributed by atoms with Gasteiger partial charge in [-0.3, -0.25) is 14.9 Å². The highest BCUT2D eigenvalue weighted by Gasteiger charge is 2.14. The van der Waals surface area contributed by atoms with Gasteiger partial charge in [-0.2, -0.15) is 0 Å². The Morgan fingerprint density at radius 3 is 2.86 bits per heavy atom. The third kappa shape index (κ3) is 2.84. The lowest BCUT2D eigenvalue weighted by molar-refractivity contribution is -0.380. The number of nitrogens with zero attached hydrogens (tertiary/aromatic N) is 1. The first kappa shape index (κ1) is 14.3. The molecule has 2 aromatic heterocycles. The van der Waals surface area contributed by atoms with Gasteiger partial charge in [0.05, 0.1) is 9.80 Å². The minimum atomic E-state index is -0.493. The van der Waals surface area contributed by atoms with Crippen molar-refractivity contribution in [2.24, 2.45) is 0 Å². The quantitative estimate of drug-likeness (QED) is 0.560. The van der Waals surface area contributed by atoms with E-state index in [0.717, 1.165) is 27.8 Å². The van der Waals surface area contributed by atoms with Crippen molar-refractivity contribution in [3.05, 3.63) is 63.1 Å². The summed E-state index contributed by atoms with van der Waals surface area (Å²) >= 11 is 0.882. The van der Waals surface area contributed by atoms with E-state index in [4.69, 9.17) is 0 Å². The summed E-state index contributed by atoms with van der Waals surface area (Å²) in [5.74, 6) is -0.280. The Labute approximate surface area is 129 Å². The molecule has 0 aliphatic rings. The number of nitro groups is 1. The smallest absolute Gasteiger partial charge is 0.324 e. The number of para-hydroxylation sites is 1. The van der Waals surface area contributed by atoms with E-state index in [1.807, 2.05) is 30.5 Å². The van der Waals surface area contributed by atoms with Crippen LogP contribution in [0.5, 0.6) is 0 Å². The number of aromatic nitrogens is 1. The molecule has 3 rings (SSSR count). The molecule has 1 aromatic carbocycles. The predicted octanol–water partition coefficient (Wildman–Crippen LogP) is 3.11. The summed E-state index contributed by atoms with van der Waals surface area (Å²) in [7, 11) is 0. The van der Waals surface area contributed by atoms with E-state index in [1.165, 1.54) is 12.1 Å². The fraction of sp³-hybridized carbons (Fsp3) is 0.133. The average molecular weight is 315 g/mol. The Morgan fingerprint density at radius 2 is 2.09 bits per heavy atom. The number of benzene rings is 1. The van der Waals surface area contributed by atoms with Gasteiger partial charge < -0.3 is 10.3 Å². The van der Waals surface area contributed by atoms with Gasteiger partial charge in [0.25, 0.3) is 5.91 Å². The maximum absolute atomic E-state index is 11.9. The van der Waals surface area contributed by atoms with Crippen LogP contribution in [0.15, 0.2) is 42.6 Å². The average Bonchev–Trinajstić information content (AvgIpc) is 3.14. The highest BCUT2D eigenvalue weighted by atomic mass is 32.1. The number of hydrogen-bond acceptors (Lipinski definition) is 4. The molecule has 0 bridgehead atoms. The van der Waals surface area contributed by atoms with Crippen molar-refractivity contribution in [3.63, 3.8) is 0 Å². The van der Waals surface area contributed by atoms with Crippen LogP contribution in [0.4, 0.5) is 5.00 Å². The molecule has 0 spiro atoms. The van der Waals surface area contributed by atoms with Crippen molar-refractivity contribution in [3.8, 4) is 0 Å². The number of H-pyrrole nitrogens is 1. The third-order valence-corrected chi connectivity index (χ3v) is 4.39. The van der Waals surface area contributed by atoms with Crippen molar-refractivity contribution in [1.82, 2.24) is 10.3 Å². The van der Waals surface area contributed by atoms with Crippen LogP contribution in [-0.4, -0.2) is 22.4 Å². The van der Waals surface area contributed by atoms with Gasteiger partial charge in [0.1, 0.15) is 0 Å². The maximum atomic E-state index is 11.9. The van der Waals surface area contributed by atoms with Crippen molar-refractivity contribution in [2.45, 2.75) is 6.42 Å². The monoisotopic (exact) mass is 315 g/mol. The second-order valence-corrected chi connectivity index (χ2v) is 5.82. The van der Waals surface area contributed by atoms with Crippen molar-refractivity contribution in [2.75, 3.05) is 6.54 Å². The molecule has 0 atom stereocenters. The minimum absolute atomic E-state index is 0.0261. The second-order valence-electron chi connectivity index (χ2n) is 4.76. The van der Waals surface area contributed by atoms with Crippen LogP contribution in [0.2, 0.25) is 0 Å². The lowest BCUT2D eigenvalue weighted by Gasteiger charge is -2.02. The second kappa shape index (κ2) is 5.98. The van der Waals surface area contributed by atoms with Crippen molar-refractivity contribution >= 4 is 33.1 Å². The normalized spacial score (nSPS) is 10.7. The van der Waals surface area contributed by atoms with E-state index in [0.29, 0.717) is 17.8 Å². The first-order valence-electron chi connectivity index (χ1n) is 6.72. The van der Waals surface area contributed by atoms with Crippen LogP contribution in [0, 0.1) is 10.1 Å². The number of rotatable bonds is 5. The Balaban J connectivity index is 1.60. The van der Waals surface area contributed by atoms with E-state index in [-0.39, 0.29) is 10.9 Å². The molecule has 112 valence electrons. The fourth-order valence-corrected chi connectivity index (χ4v) is 3.02. The highest BCUT2D eigenvalue weighted by molar-refractivity contribution is 7.17. The molecular weight excluding hydrogens is 302 g/mol. The Bertz CT molecular complexity index is 837. The molecule has 0 unspecified atom stereocenters. The van der Waals surface area contributed by atoms with Crippen LogP contribution >= 0.6 is 11.3 Å². The van der Waals surface area contributed by atoms with Crippen molar-refractivity contribution in [1.29, 1.82) is 0 Å². The topological polar surface area (TPSA) is 88.0 Å². The molecule has 0 saturated carbocycles. The first-order chi connectivity index (χ1) is 10.6. The van der Waals surface area contributed by atoms with Gasteiger partial charge in [0.15, 0.2) is 0 Å². The zero-order valence-corrected chi connectivity index (χ0v) is 12.4. The number of thiophene rings is 1. The summed E-state index contributed by atoms with van der Waals surface area (Å²) < 4.78 is 0. The molecule has 2 N–H and O–H groups in total. The van der Waals surface area contributed by atoms with Gasteiger partial charge in [-0.05, 0) is 24.1 Å². The number of aromatic amines is 1. The number of amides is 1. The summed E-state index contributed by atoms with van der Waals surface area (Å²) in [5, 5.41) is 14.5. The van der Waals surface area contributed by atoms with E-state index in [9.17, 15) is 14.9 Å². The summed E-state index contributed by atoms with van der Waals surface area (Å²) in [5.41, 5.74) is 2.20. The largest absolute Gasteiger partial charge is 0.361 e. The van der Waals surface area contributed by atoms with Crippen LogP contribution in [-0.2, 0) is 6.42 Å². The molecule has 0 aliphatic carbocycles. The molecule has 1 amide bonds. The Morgan fingerprint density at radius 1 is 1.27 bits per heavy atom. The van der Waals surface area contributed by atoms with Gasteiger partial charge in [-0.15, -0.1) is 0 Å². The molecule has 0 saturated heterocycles. The summed E-state index contributed by atoms with van der Waals surface area (Å²) in [6, 6.07) is 10.8. The highest BCUT2D eigenvalue weighted by Crippen LogP contribution is 2.23. The molecule has 0 fully saturated rings. The standard InChI is InChI=1S/C15H13N3O3S/c19-15(13-5-6-14(22-13)18(20)21)16-8-7-10-9-17-12-4-2-1-3-11(10)12/h1-6,9,17H,7-8H2,(H,16,19). The van der Waals surface area contributed by atoms with Gasteiger partial charge in [-0.25, -0.2) is 0 Å². The third-order valence-electron chi connectivity index (χ3n) is 3.35. The number of nitrogens with one attached hydrogen (secondary N) is 2. The van der Waals surface area contributed by atoms with Gasteiger partial charge in [0, 0.05) is 29.7 Å². The summed E-state index contributed by atoms with van der Waals surface area (Å²) in [6.07, 6.45) is 2.63. The lowest BCUT2D eigenvalue weighted by atomic mass is 10.1. The van der Waals surface area contributed by atoms with E-state index in [2.05, 4.69) is 10.3 Å². The molecule has 22 heavy (non-hydrogen) atoms. The van der Waals surface area contributed by atoms with Crippen LogP contribution in [0.3, 0.4) is 0 Å². The zero-order valence-electron chi connectivity index (χ0n) is 11.5. The molecule has 3 aromatic rings. The first-order valence-corrected chi connectivity index (χ1v) is 7.54. The number of fused-ring (bicyclic) bond motifs is 1. The van der Waals surface area contributed by atoms with Crippen molar-refractivity contribution < 1.29 is 9.72 Å². The predicted molar refractivity (Wildman–Crippen MR) is 85.3 cm³/mol. The van der Waals surface area contributed by atoms with E-state index < -0.39 is 4.92 Å². The number of carbonyl (C=O) groups is 1. The summed E-state index contributed by atoms with van der Waals surface area (Å²) in [4.78, 5) is 25.6. The molecule has 0 aliphatic heterocycles. The zero-order chi connectivity index (χ0) is 15.5. The van der Waals surface area contributed by atoms with E-state index in [1.54, 1.807) is 0 Å². The molecule has 6 nitrogen and oxygen atoms in total. The molecular formula is C15H13N3O3S. The van der Waals surface area contributed by atoms with Gasteiger partial charge in [-0.1, -0.05) is 29.5 Å². The number of carbonyl (C=O) groups excluding carboxylic acids is 1. The Kier molecular flexibility index (Phi) is 3.88. The van der Waals surface area contributed by atoms with Gasteiger partial charge >= 0.3 is 5.00 Å². The van der Waals surface area contributed by atoms with Crippen LogP contribution in [0.1, 0.15) is 15.2 Å². The van der Waals surface area contributed by atoms with Crippen LogP contribution < -0.4 is 5.32 Å². The molecule has 0 radical (unpaired) electrons. The fourth-order valence-electron chi connectivity index (χ4n) is 2.28. The van der Waals surface area contributed by atoms with Gasteiger partial charge in [0.2, 0.25) is 0 Å².